The van der Waals surface area contributed by atoms with Gasteiger partial charge in [-0.3, -0.25) is 0 Å². The Hall–Kier alpha value is -0.790. The highest BCUT2D eigenvalue weighted by Crippen LogP contribution is 2.34. The van der Waals surface area contributed by atoms with Gasteiger partial charge in [-0.1, -0.05) is 0 Å². The Morgan fingerprint density at radius 1 is 1.40 bits per heavy atom. The monoisotopic (exact) mass is 353 g/mol. The highest BCUT2D eigenvalue weighted by molar-refractivity contribution is 9.10. The topological polar surface area (TPSA) is 30.5 Å². The van der Waals surface area contributed by atoms with E-state index in [1.807, 2.05) is 6.92 Å². The third-order valence-corrected chi connectivity index (χ3v) is 3.53. The number of hydrogen-bond acceptors (Lipinski definition) is 3. The fraction of sp³-hybridized carbons (Fsp3) is 0.538. The highest BCUT2D eigenvalue weighted by Gasteiger charge is 2.31. The van der Waals surface area contributed by atoms with Crippen molar-refractivity contribution in [3.63, 3.8) is 0 Å². The Labute approximate surface area is 123 Å². The number of ether oxygens (including phenoxy) is 2. The minimum atomic E-state index is -4.35. The predicted molar refractivity (Wildman–Crippen MR) is 71.8 cm³/mol. The summed E-state index contributed by atoms with van der Waals surface area (Å²) in [6, 6.07) is 3.33. The molecule has 0 saturated carbocycles. The lowest BCUT2D eigenvalue weighted by Crippen LogP contribution is -2.45. The van der Waals surface area contributed by atoms with E-state index in [2.05, 4.69) is 21.2 Å². The summed E-state index contributed by atoms with van der Waals surface area (Å²) in [7, 11) is 0. The van der Waals surface area contributed by atoms with E-state index in [4.69, 9.17) is 9.47 Å². The van der Waals surface area contributed by atoms with Crippen LogP contribution in [-0.4, -0.2) is 31.9 Å². The minimum Gasteiger partial charge on any atom is -0.490 e. The lowest BCUT2D eigenvalue weighted by molar-refractivity contribution is -0.137. The van der Waals surface area contributed by atoms with Gasteiger partial charge in [0.1, 0.15) is 18.5 Å². The molecule has 0 amide bonds. The Morgan fingerprint density at radius 2 is 2.15 bits per heavy atom. The molecule has 0 radical (unpaired) electrons. The molecule has 3 nitrogen and oxygen atoms in total. The van der Waals surface area contributed by atoms with E-state index in [1.54, 1.807) is 0 Å². The van der Waals surface area contributed by atoms with Crippen LogP contribution in [0.4, 0.5) is 13.2 Å². The summed E-state index contributed by atoms with van der Waals surface area (Å²) >= 11 is 3.10. The number of alkyl halides is 3. The molecule has 1 saturated heterocycles. The van der Waals surface area contributed by atoms with Crippen molar-refractivity contribution in [2.75, 3.05) is 19.7 Å². The molecule has 0 spiro atoms. The van der Waals surface area contributed by atoms with Crippen LogP contribution in [0.25, 0.3) is 0 Å². The van der Waals surface area contributed by atoms with Gasteiger partial charge in [-0.05, 0) is 41.1 Å². The zero-order valence-corrected chi connectivity index (χ0v) is 12.4. The largest absolute Gasteiger partial charge is 0.490 e. The molecule has 7 heteroatoms. The normalized spacial score (nSPS) is 23.6. The molecule has 1 fully saturated rings. The molecular formula is C13H15BrF3NO2. The summed E-state index contributed by atoms with van der Waals surface area (Å²) in [5.41, 5.74) is -0.707. The maximum absolute atomic E-state index is 12.5. The van der Waals surface area contributed by atoms with E-state index in [0.717, 1.165) is 18.7 Å². The highest BCUT2D eigenvalue weighted by atomic mass is 79.9. The molecule has 2 atom stereocenters. The van der Waals surface area contributed by atoms with Crippen LogP contribution in [0.1, 0.15) is 12.5 Å². The third kappa shape index (κ3) is 4.10. The van der Waals surface area contributed by atoms with Crippen molar-refractivity contribution in [2.24, 2.45) is 0 Å². The van der Waals surface area contributed by atoms with E-state index in [9.17, 15) is 13.2 Å². The Morgan fingerprint density at radius 3 is 2.75 bits per heavy atom. The van der Waals surface area contributed by atoms with Gasteiger partial charge in [0.25, 0.3) is 0 Å². The first-order valence-corrected chi connectivity index (χ1v) is 7.01. The summed E-state index contributed by atoms with van der Waals surface area (Å²) in [5.74, 6) is 0.375. The van der Waals surface area contributed by atoms with E-state index < -0.39 is 11.7 Å². The van der Waals surface area contributed by atoms with Crippen molar-refractivity contribution in [3.8, 4) is 5.75 Å². The van der Waals surface area contributed by atoms with Crippen molar-refractivity contribution in [2.45, 2.75) is 25.3 Å². The number of morpholine rings is 1. The summed E-state index contributed by atoms with van der Waals surface area (Å²) < 4.78 is 49.0. The van der Waals surface area contributed by atoms with E-state index in [-0.39, 0.29) is 16.7 Å². The van der Waals surface area contributed by atoms with E-state index >= 15 is 0 Å². The van der Waals surface area contributed by atoms with E-state index in [1.165, 1.54) is 6.07 Å². The van der Waals surface area contributed by atoms with Gasteiger partial charge >= 0.3 is 6.18 Å². The molecule has 1 aliphatic rings. The minimum absolute atomic E-state index is 0.104. The van der Waals surface area contributed by atoms with Crippen LogP contribution in [0, 0.1) is 0 Å². The van der Waals surface area contributed by atoms with Crippen molar-refractivity contribution < 1.29 is 22.6 Å². The smallest absolute Gasteiger partial charge is 0.416 e. The average molecular weight is 354 g/mol. The zero-order chi connectivity index (χ0) is 14.8. The Bertz CT molecular complexity index is 467. The molecule has 1 aliphatic heterocycles. The standard InChI is InChI=1S/C13H15BrF3NO2/c1-8-5-18-6-10(20-8)7-19-12-3-2-9(4-11(12)14)13(15,16)17/h2-4,8,10,18H,5-7H2,1H3. The van der Waals surface area contributed by atoms with Gasteiger partial charge in [-0.25, -0.2) is 0 Å². The number of hydrogen-bond donors (Lipinski definition) is 1. The second-order valence-corrected chi connectivity index (χ2v) is 5.54. The maximum atomic E-state index is 12.5. The number of benzene rings is 1. The van der Waals surface area contributed by atoms with Crippen LogP contribution in [0.2, 0.25) is 0 Å². The number of rotatable bonds is 3. The lowest BCUT2D eigenvalue weighted by Gasteiger charge is -2.28. The molecule has 0 aliphatic carbocycles. The quantitative estimate of drug-likeness (QED) is 0.904. The second-order valence-electron chi connectivity index (χ2n) is 4.68. The lowest BCUT2D eigenvalue weighted by atomic mass is 10.2. The van der Waals surface area contributed by atoms with Crippen molar-refractivity contribution >= 4 is 15.9 Å². The van der Waals surface area contributed by atoms with Gasteiger partial charge in [0.05, 0.1) is 16.1 Å². The number of halogens is 4. The van der Waals surface area contributed by atoms with Crippen molar-refractivity contribution in [1.29, 1.82) is 0 Å². The van der Waals surface area contributed by atoms with Crippen LogP contribution >= 0.6 is 15.9 Å². The second kappa shape index (κ2) is 6.32. The van der Waals surface area contributed by atoms with Crippen molar-refractivity contribution in [1.82, 2.24) is 5.32 Å². The van der Waals surface area contributed by atoms with Crippen LogP contribution < -0.4 is 10.1 Å². The molecular weight excluding hydrogens is 339 g/mol. The molecule has 1 aromatic rings. The first-order valence-electron chi connectivity index (χ1n) is 6.22. The molecule has 1 N–H and O–H groups in total. The molecule has 1 heterocycles. The summed E-state index contributed by atoms with van der Waals surface area (Å²) in [6.45, 7) is 3.71. The molecule has 0 bridgehead atoms. The van der Waals surface area contributed by atoms with Gasteiger partial charge in [0.15, 0.2) is 0 Å². The van der Waals surface area contributed by atoms with Crippen LogP contribution in [0.5, 0.6) is 5.75 Å². The fourth-order valence-corrected chi connectivity index (χ4v) is 2.44. The van der Waals surface area contributed by atoms with Crippen LogP contribution in [0.15, 0.2) is 22.7 Å². The van der Waals surface area contributed by atoms with Crippen LogP contribution in [-0.2, 0) is 10.9 Å². The van der Waals surface area contributed by atoms with Gasteiger partial charge in [-0.2, -0.15) is 13.2 Å². The first kappa shape index (κ1) is 15.6. The number of nitrogens with one attached hydrogen (secondary N) is 1. The average Bonchev–Trinajstić information content (AvgIpc) is 2.36. The summed E-state index contributed by atoms with van der Waals surface area (Å²) in [5, 5.41) is 3.20. The van der Waals surface area contributed by atoms with Gasteiger partial charge < -0.3 is 14.8 Å². The molecule has 1 aromatic carbocycles. The molecule has 2 unspecified atom stereocenters. The third-order valence-electron chi connectivity index (χ3n) is 2.91. The Balaban J connectivity index is 1.96. The SMILES string of the molecule is CC1CNCC(COc2ccc(C(F)(F)F)cc2Br)O1. The van der Waals surface area contributed by atoms with Crippen molar-refractivity contribution in [3.05, 3.63) is 28.2 Å². The fourth-order valence-electron chi connectivity index (χ4n) is 1.95. The van der Waals surface area contributed by atoms with Crippen LogP contribution in [0.3, 0.4) is 0 Å². The molecule has 2 rings (SSSR count). The van der Waals surface area contributed by atoms with Gasteiger partial charge in [0.2, 0.25) is 0 Å². The first-order chi connectivity index (χ1) is 9.36. The Kier molecular flexibility index (Phi) is 4.93. The predicted octanol–water partition coefficient (Wildman–Crippen LogP) is 3.22. The van der Waals surface area contributed by atoms with E-state index in [0.29, 0.717) is 18.9 Å². The molecule has 0 aromatic heterocycles. The maximum Gasteiger partial charge on any atom is 0.416 e. The summed E-state index contributed by atoms with van der Waals surface area (Å²) in [6.07, 6.45) is -4.35. The summed E-state index contributed by atoms with van der Waals surface area (Å²) in [4.78, 5) is 0. The zero-order valence-electron chi connectivity index (χ0n) is 10.8. The molecule has 112 valence electrons. The van der Waals surface area contributed by atoms with Gasteiger partial charge in [-0.15, -0.1) is 0 Å². The molecule has 20 heavy (non-hydrogen) atoms. The van der Waals surface area contributed by atoms with Gasteiger partial charge in [0, 0.05) is 13.1 Å².